The fourth-order valence-corrected chi connectivity index (χ4v) is 5.75. The summed E-state index contributed by atoms with van der Waals surface area (Å²) in [6.45, 7) is 5.08. The largest absolute Gasteiger partial charge is 0.329 e. The summed E-state index contributed by atoms with van der Waals surface area (Å²) in [5, 5.41) is 0. The van der Waals surface area contributed by atoms with E-state index in [4.69, 9.17) is 5.73 Å². The summed E-state index contributed by atoms with van der Waals surface area (Å²) in [4.78, 5) is 1.02. The van der Waals surface area contributed by atoms with Crippen molar-refractivity contribution in [1.82, 2.24) is 4.31 Å². The van der Waals surface area contributed by atoms with Crippen LogP contribution in [0.2, 0.25) is 0 Å². The van der Waals surface area contributed by atoms with Gasteiger partial charge >= 0.3 is 0 Å². The molecule has 2 rings (SSSR count). The fraction of sp³-hybridized carbons (Fsp3) is 0.692. The first-order valence-corrected chi connectivity index (χ1v) is 9.03. The molecule has 1 aliphatic heterocycles. The van der Waals surface area contributed by atoms with Crippen LogP contribution in [0.5, 0.6) is 0 Å². The molecule has 1 fully saturated rings. The number of nitrogens with zero attached hydrogens (tertiary/aromatic N) is 1. The molecule has 1 aromatic heterocycles. The first kappa shape index (κ1) is 15.0. The van der Waals surface area contributed by atoms with E-state index in [0.717, 1.165) is 24.1 Å². The molecule has 1 saturated heterocycles. The summed E-state index contributed by atoms with van der Waals surface area (Å²) in [5.74, 6) is 0.602. The third-order valence-electron chi connectivity index (χ3n) is 3.90. The van der Waals surface area contributed by atoms with Gasteiger partial charge in [0.1, 0.15) is 4.21 Å². The average molecular weight is 302 g/mol. The number of sulfonamides is 1. The van der Waals surface area contributed by atoms with E-state index in [1.54, 1.807) is 10.4 Å². The van der Waals surface area contributed by atoms with Crippen molar-refractivity contribution in [3.63, 3.8) is 0 Å². The minimum Gasteiger partial charge on any atom is -0.329 e. The fourth-order valence-electron chi connectivity index (χ4n) is 2.68. The van der Waals surface area contributed by atoms with E-state index in [0.29, 0.717) is 23.2 Å². The lowest BCUT2D eigenvalue weighted by Crippen LogP contribution is -2.49. The maximum absolute atomic E-state index is 12.6. The van der Waals surface area contributed by atoms with Crippen LogP contribution in [0, 0.1) is 12.8 Å². The highest BCUT2D eigenvalue weighted by atomic mass is 32.2. The summed E-state index contributed by atoms with van der Waals surface area (Å²) in [5.41, 5.74) is 5.79. The van der Waals surface area contributed by atoms with Crippen LogP contribution < -0.4 is 5.73 Å². The minimum atomic E-state index is -3.36. The lowest BCUT2D eigenvalue weighted by Gasteiger charge is -2.37. The summed E-state index contributed by atoms with van der Waals surface area (Å²) in [6, 6.07) is 3.51. The maximum Gasteiger partial charge on any atom is 0.252 e. The van der Waals surface area contributed by atoms with Crippen LogP contribution in [0.1, 0.15) is 31.1 Å². The third-order valence-corrected chi connectivity index (χ3v) is 7.32. The van der Waals surface area contributed by atoms with Gasteiger partial charge in [-0.2, -0.15) is 4.31 Å². The van der Waals surface area contributed by atoms with Gasteiger partial charge in [0.25, 0.3) is 10.0 Å². The Kier molecular flexibility index (Phi) is 4.66. The molecule has 19 heavy (non-hydrogen) atoms. The van der Waals surface area contributed by atoms with E-state index in [9.17, 15) is 8.42 Å². The standard InChI is InChI=1S/C13H22N2O2S2/c1-3-11-6-7-15(12(8-11)9-14)19(16,17)13-5-4-10(2)18-13/h4-5,11-12H,3,6-9,14H2,1-2H3. The zero-order valence-electron chi connectivity index (χ0n) is 11.5. The number of thiophene rings is 1. The SMILES string of the molecule is CCC1CCN(S(=O)(=O)c2ccc(C)s2)C(CN)C1. The van der Waals surface area contributed by atoms with Gasteiger partial charge in [-0.1, -0.05) is 13.3 Å². The second kappa shape index (κ2) is 5.91. The highest BCUT2D eigenvalue weighted by Crippen LogP contribution is 2.32. The van der Waals surface area contributed by atoms with E-state index in [2.05, 4.69) is 6.92 Å². The Morgan fingerprint density at radius 1 is 1.47 bits per heavy atom. The zero-order chi connectivity index (χ0) is 14.0. The predicted molar refractivity (Wildman–Crippen MR) is 78.8 cm³/mol. The van der Waals surface area contributed by atoms with Gasteiger partial charge in [-0.25, -0.2) is 8.42 Å². The smallest absolute Gasteiger partial charge is 0.252 e. The summed E-state index contributed by atoms with van der Waals surface area (Å²) in [7, 11) is -3.36. The number of hydrogen-bond acceptors (Lipinski definition) is 4. The first-order chi connectivity index (χ1) is 8.98. The Hall–Kier alpha value is -0.430. The molecule has 2 heterocycles. The molecule has 0 spiro atoms. The van der Waals surface area contributed by atoms with Crippen LogP contribution in [0.25, 0.3) is 0 Å². The average Bonchev–Trinajstić information content (AvgIpc) is 2.85. The molecule has 2 N–H and O–H groups in total. The zero-order valence-corrected chi connectivity index (χ0v) is 13.1. The van der Waals surface area contributed by atoms with E-state index in [1.165, 1.54) is 11.3 Å². The highest BCUT2D eigenvalue weighted by Gasteiger charge is 2.36. The summed E-state index contributed by atoms with van der Waals surface area (Å²) >= 11 is 1.34. The monoisotopic (exact) mass is 302 g/mol. The van der Waals surface area contributed by atoms with Gasteiger partial charge in [0, 0.05) is 24.0 Å². The Labute approximate surface area is 119 Å². The van der Waals surface area contributed by atoms with E-state index in [-0.39, 0.29) is 6.04 Å². The summed E-state index contributed by atoms with van der Waals surface area (Å²) in [6.07, 6.45) is 2.93. The van der Waals surface area contributed by atoms with Gasteiger partial charge in [0.2, 0.25) is 0 Å². The molecule has 0 saturated carbocycles. The van der Waals surface area contributed by atoms with Gasteiger partial charge in [-0.15, -0.1) is 11.3 Å². The topological polar surface area (TPSA) is 63.4 Å². The molecule has 1 aromatic rings. The molecule has 2 unspecified atom stereocenters. The lowest BCUT2D eigenvalue weighted by molar-refractivity contribution is 0.198. The Morgan fingerprint density at radius 2 is 2.21 bits per heavy atom. The van der Waals surface area contributed by atoms with Crippen molar-refractivity contribution in [2.45, 2.75) is 43.4 Å². The van der Waals surface area contributed by atoms with Crippen LogP contribution in [-0.2, 0) is 10.0 Å². The number of nitrogens with two attached hydrogens (primary N) is 1. The molecular formula is C13H22N2O2S2. The Balaban J connectivity index is 2.25. The van der Waals surface area contributed by atoms with Crippen LogP contribution in [0.4, 0.5) is 0 Å². The maximum atomic E-state index is 12.6. The van der Waals surface area contributed by atoms with Crippen molar-refractivity contribution in [3.8, 4) is 0 Å². The number of hydrogen-bond donors (Lipinski definition) is 1. The van der Waals surface area contributed by atoms with Gasteiger partial charge in [-0.05, 0) is 37.8 Å². The van der Waals surface area contributed by atoms with Crippen LogP contribution in [-0.4, -0.2) is 31.9 Å². The Bertz CT molecular complexity index is 525. The van der Waals surface area contributed by atoms with E-state index >= 15 is 0 Å². The van der Waals surface area contributed by atoms with Crippen LogP contribution >= 0.6 is 11.3 Å². The molecule has 0 amide bonds. The van der Waals surface area contributed by atoms with Crippen molar-refractivity contribution in [2.24, 2.45) is 11.7 Å². The molecular weight excluding hydrogens is 280 g/mol. The first-order valence-electron chi connectivity index (χ1n) is 6.77. The molecule has 4 nitrogen and oxygen atoms in total. The lowest BCUT2D eigenvalue weighted by atomic mass is 9.90. The predicted octanol–water partition coefficient (Wildman–Crippen LogP) is 2.19. The minimum absolute atomic E-state index is 0.0499. The van der Waals surface area contributed by atoms with E-state index < -0.39 is 10.0 Å². The number of aryl methyl sites for hydroxylation is 1. The molecule has 2 atom stereocenters. The molecule has 0 aromatic carbocycles. The van der Waals surface area contributed by atoms with Crippen molar-refractivity contribution >= 4 is 21.4 Å². The molecule has 108 valence electrons. The van der Waals surface area contributed by atoms with Crippen molar-refractivity contribution in [1.29, 1.82) is 0 Å². The third kappa shape index (κ3) is 3.02. The molecule has 6 heteroatoms. The Morgan fingerprint density at radius 3 is 2.74 bits per heavy atom. The number of piperidine rings is 1. The van der Waals surface area contributed by atoms with Gasteiger partial charge in [0.05, 0.1) is 0 Å². The van der Waals surface area contributed by atoms with Crippen LogP contribution in [0.15, 0.2) is 16.3 Å². The molecule has 0 bridgehead atoms. The van der Waals surface area contributed by atoms with Crippen molar-refractivity contribution in [3.05, 3.63) is 17.0 Å². The van der Waals surface area contributed by atoms with Gasteiger partial charge in [0.15, 0.2) is 0 Å². The van der Waals surface area contributed by atoms with Crippen molar-refractivity contribution in [2.75, 3.05) is 13.1 Å². The van der Waals surface area contributed by atoms with Crippen LogP contribution in [0.3, 0.4) is 0 Å². The molecule has 0 radical (unpaired) electrons. The number of rotatable bonds is 4. The van der Waals surface area contributed by atoms with Crippen molar-refractivity contribution < 1.29 is 8.42 Å². The highest BCUT2D eigenvalue weighted by molar-refractivity contribution is 7.91. The molecule has 0 aliphatic carbocycles. The summed E-state index contributed by atoms with van der Waals surface area (Å²) < 4.78 is 27.3. The quantitative estimate of drug-likeness (QED) is 0.927. The van der Waals surface area contributed by atoms with Gasteiger partial charge < -0.3 is 5.73 Å². The second-order valence-corrected chi connectivity index (χ2v) is 8.57. The molecule has 1 aliphatic rings. The normalized spacial score (nSPS) is 25.6. The second-order valence-electron chi connectivity index (χ2n) is 5.17. The van der Waals surface area contributed by atoms with Gasteiger partial charge in [-0.3, -0.25) is 0 Å². The van der Waals surface area contributed by atoms with E-state index in [1.807, 2.05) is 13.0 Å².